The quantitative estimate of drug-likeness (QED) is 0.693. The molecule has 3 nitrogen and oxygen atoms in total. The molecular weight excluding hydrogens is 214 g/mol. The molecule has 1 spiro atoms. The molecular formula is C14H26NO2+. The molecule has 3 atom stereocenters. The largest absolute Gasteiger partial charge is 0.342 e. The standard InChI is InChI=1S/C14H26NO2/c1-5-15(6-2)13(16)10-17-14(15)8-7-11(3)9-12(14)4/h11-12H,5-10H2,1-4H3/q+1. The first-order valence-corrected chi connectivity index (χ1v) is 7.07. The molecule has 0 radical (unpaired) electrons. The fourth-order valence-corrected chi connectivity index (χ4v) is 4.21. The van der Waals surface area contributed by atoms with E-state index in [1.165, 1.54) is 12.8 Å². The monoisotopic (exact) mass is 240 g/mol. The number of quaternary nitrogens is 1. The van der Waals surface area contributed by atoms with Crippen molar-refractivity contribution in [1.82, 2.24) is 0 Å². The molecule has 1 amide bonds. The molecule has 0 bridgehead atoms. The van der Waals surface area contributed by atoms with Gasteiger partial charge in [0, 0.05) is 12.3 Å². The van der Waals surface area contributed by atoms with Gasteiger partial charge in [0.25, 0.3) is 0 Å². The first kappa shape index (κ1) is 13.0. The van der Waals surface area contributed by atoms with Gasteiger partial charge in [-0.05, 0) is 32.6 Å². The van der Waals surface area contributed by atoms with Gasteiger partial charge in [-0.2, -0.15) is 0 Å². The van der Waals surface area contributed by atoms with Gasteiger partial charge in [0.15, 0.2) is 6.61 Å². The van der Waals surface area contributed by atoms with Crippen molar-refractivity contribution in [2.45, 2.75) is 52.7 Å². The van der Waals surface area contributed by atoms with Gasteiger partial charge >= 0.3 is 5.91 Å². The van der Waals surface area contributed by atoms with Crippen LogP contribution < -0.4 is 0 Å². The molecule has 0 aromatic carbocycles. The maximum absolute atomic E-state index is 12.3. The fraction of sp³-hybridized carbons (Fsp3) is 0.929. The Hall–Kier alpha value is -0.410. The molecule has 98 valence electrons. The van der Waals surface area contributed by atoms with Crippen LogP contribution in [0.2, 0.25) is 0 Å². The van der Waals surface area contributed by atoms with Gasteiger partial charge in [0.2, 0.25) is 5.72 Å². The van der Waals surface area contributed by atoms with E-state index in [-0.39, 0.29) is 11.6 Å². The van der Waals surface area contributed by atoms with Gasteiger partial charge in [-0.15, -0.1) is 0 Å². The normalized spacial score (nSPS) is 41.1. The van der Waals surface area contributed by atoms with E-state index in [0.29, 0.717) is 17.0 Å². The van der Waals surface area contributed by atoms with Crippen LogP contribution in [0, 0.1) is 11.8 Å². The molecule has 0 N–H and O–H groups in total. The minimum Gasteiger partial charge on any atom is -0.312 e. The Morgan fingerprint density at radius 1 is 1.35 bits per heavy atom. The number of hydrogen-bond donors (Lipinski definition) is 0. The Morgan fingerprint density at radius 3 is 2.53 bits per heavy atom. The number of nitrogens with zero attached hydrogens (tertiary/aromatic N) is 1. The van der Waals surface area contributed by atoms with Gasteiger partial charge in [0.05, 0.1) is 13.1 Å². The highest BCUT2D eigenvalue weighted by Crippen LogP contribution is 2.48. The summed E-state index contributed by atoms with van der Waals surface area (Å²) in [4.78, 5) is 12.3. The van der Waals surface area contributed by atoms with Crippen LogP contribution in [0.3, 0.4) is 0 Å². The molecule has 2 fully saturated rings. The van der Waals surface area contributed by atoms with Crippen molar-refractivity contribution in [3.05, 3.63) is 0 Å². The molecule has 1 saturated carbocycles. The smallest absolute Gasteiger partial charge is 0.312 e. The van der Waals surface area contributed by atoms with Crippen molar-refractivity contribution in [2.75, 3.05) is 19.7 Å². The van der Waals surface area contributed by atoms with Gasteiger partial charge in [-0.1, -0.05) is 13.8 Å². The van der Waals surface area contributed by atoms with Gasteiger partial charge in [-0.3, -0.25) is 0 Å². The van der Waals surface area contributed by atoms with Crippen LogP contribution in [-0.2, 0) is 9.53 Å². The van der Waals surface area contributed by atoms with E-state index in [2.05, 4.69) is 27.7 Å². The number of likely N-dealkylation sites (N-methyl/N-ethyl adjacent to an activating group) is 1. The number of carbonyl (C=O) groups excluding carboxylic acids is 1. The Balaban J connectivity index is 2.38. The third-order valence-corrected chi connectivity index (χ3v) is 5.25. The predicted octanol–water partition coefficient (Wildman–Crippen LogP) is 2.55. The topological polar surface area (TPSA) is 26.3 Å². The van der Waals surface area contributed by atoms with Crippen molar-refractivity contribution in [3.8, 4) is 0 Å². The van der Waals surface area contributed by atoms with Gasteiger partial charge in [0.1, 0.15) is 0 Å². The van der Waals surface area contributed by atoms with E-state index >= 15 is 0 Å². The summed E-state index contributed by atoms with van der Waals surface area (Å²) in [6.45, 7) is 10.9. The predicted molar refractivity (Wildman–Crippen MR) is 67.2 cm³/mol. The highest BCUT2D eigenvalue weighted by atomic mass is 16.5. The van der Waals surface area contributed by atoms with Crippen molar-refractivity contribution in [2.24, 2.45) is 11.8 Å². The third-order valence-electron chi connectivity index (χ3n) is 5.25. The summed E-state index contributed by atoms with van der Waals surface area (Å²) in [7, 11) is 0. The minimum absolute atomic E-state index is 0.215. The lowest BCUT2D eigenvalue weighted by atomic mass is 9.75. The maximum atomic E-state index is 12.3. The van der Waals surface area contributed by atoms with Crippen LogP contribution in [0.25, 0.3) is 0 Å². The lowest BCUT2D eigenvalue weighted by Gasteiger charge is -2.50. The Morgan fingerprint density at radius 2 is 2.00 bits per heavy atom. The lowest BCUT2D eigenvalue weighted by Crippen LogP contribution is -2.67. The molecule has 1 heterocycles. The number of ether oxygens (including phenoxy) is 1. The zero-order chi connectivity index (χ0) is 12.7. The SMILES string of the molecule is CC[N+]1(CC)C(=O)COC12CCC(C)CC2C. The zero-order valence-electron chi connectivity index (χ0n) is 11.7. The summed E-state index contributed by atoms with van der Waals surface area (Å²) >= 11 is 0. The number of hydrogen-bond acceptors (Lipinski definition) is 2. The third kappa shape index (κ3) is 1.59. The molecule has 1 aliphatic carbocycles. The molecule has 3 unspecified atom stereocenters. The average Bonchev–Trinajstić information content (AvgIpc) is 2.59. The molecule has 3 heteroatoms. The summed E-state index contributed by atoms with van der Waals surface area (Å²) in [6.07, 6.45) is 3.42. The first-order chi connectivity index (χ1) is 8.02. The van der Waals surface area contributed by atoms with Crippen molar-refractivity contribution >= 4 is 5.91 Å². The van der Waals surface area contributed by atoms with Crippen LogP contribution in [0.4, 0.5) is 0 Å². The molecule has 1 saturated heterocycles. The molecule has 1 aliphatic heterocycles. The van der Waals surface area contributed by atoms with Gasteiger partial charge < -0.3 is 4.74 Å². The Labute approximate surface area is 105 Å². The van der Waals surface area contributed by atoms with E-state index in [0.717, 1.165) is 25.4 Å². The Bertz CT molecular complexity index is 311. The summed E-state index contributed by atoms with van der Waals surface area (Å²) < 4.78 is 6.63. The summed E-state index contributed by atoms with van der Waals surface area (Å²) in [5.74, 6) is 1.54. The van der Waals surface area contributed by atoms with Gasteiger partial charge in [-0.25, -0.2) is 9.28 Å². The highest BCUT2D eigenvalue weighted by molar-refractivity contribution is 5.72. The van der Waals surface area contributed by atoms with E-state index in [1.54, 1.807) is 0 Å². The number of carbonyl (C=O) groups is 1. The molecule has 0 aromatic heterocycles. The molecule has 2 aliphatic rings. The van der Waals surface area contributed by atoms with Crippen LogP contribution in [0.5, 0.6) is 0 Å². The van der Waals surface area contributed by atoms with E-state index in [4.69, 9.17) is 4.74 Å². The second-order valence-corrected chi connectivity index (χ2v) is 5.91. The molecule has 0 aromatic rings. The first-order valence-electron chi connectivity index (χ1n) is 7.07. The summed E-state index contributed by atoms with van der Waals surface area (Å²) in [5, 5.41) is 0. The highest BCUT2D eigenvalue weighted by Gasteiger charge is 2.64. The number of amides is 1. The van der Waals surface area contributed by atoms with Crippen LogP contribution in [-0.4, -0.2) is 35.8 Å². The second kappa shape index (κ2) is 4.36. The second-order valence-electron chi connectivity index (χ2n) is 5.91. The van der Waals surface area contributed by atoms with E-state index in [9.17, 15) is 4.79 Å². The average molecular weight is 240 g/mol. The molecule has 2 rings (SSSR count). The number of rotatable bonds is 2. The minimum atomic E-state index is -0.215. The van der Waals surface area contributed by atoms with Crippen molar-refractivity contribution < 1.29 is 14.0 Å². The Kier molecular flexibility index (Phi) is 3.34. The summed E-state index contributed by atoms with van der Waals surface area (Å²) in [6, 6.07) is 0. The van der Waals surface area contributed by atoms with Crippen LogP contribution >= 0.6 is 0 Å². The molecule has 17 heavy (non-hydrogen) atoms. The maximum Gasteiger partial charge on any atom is 0.342 e. The van der Waals surface area contributed by atoms with Crippen LogP contribution in [0.1, 0.15) is 47.0 Å². The fourth-order valence-electron chi connectivity index (χ4n) is 4.21. The van der Waals surface area contributed by atoms with Crippen LogP contribution in [0.15, 0.2) is 0 Å². The summed E-state index contributed by atoms with van der Waals surface area (Å²) in [5.41, 5.74) is -0.215. The van der Waals surface area contributed by atoms with E-state index in [1.807, 2.05) is 0 Å². The lowest BCUT2D eigenvalue weighted by molar-refractivity contribution is -0.922. The van der Waals surface area contributed by atoms with Crippen molar-refractivity contribution in [1.29, 1.82) is 0 Å². The van der Waals surface area contributed by atoms with E-state index < -0.39 is 0 Å². The van der Waals surface area contributed by atoms with Crippen molar-refractivity contribution in [3.63, 3.8) is 0 Å². The zero-order valence-corrected chi connectivity index (χ0v) is 11.7.